The predicted molar refractivity (Wildman–Crippen MR) is 85.2 cm³/mol. The van der Waals surface area contributed by atoms with Gasteiger partial charge in [0, 0.05) is 19.6 Å². The van der Waals surface area contributed by atoms with E-state index in [2.05, 4.69) is 24.1 Å². The van der Waals surface area contributed by atoms with Gasteiger partial charge in [0.05, 0.1) is 17.9 Å². The lowest BCUT2D eigenvalue weighted by Crippen LogP contribution is -2.46. The van der Waals surface area contributed by atoms with Gasteiger partial charge in [-0.15, -0.1) is 0 Å². The van der Waals surface area contributed by atoms with Crippen molar-refractivity contribution < 1.29 is 9.13 Å². The Labute approximate surface area is 127 Å². The maximum Gasteiger partial charge on any atom is 0.146 e. The minimum atomic E-state index is -0.139. The lowest BCUT2D eigenvalue weighted by molar-refractivity contribution is -0.00544. The van der Waals surface area contributed by atoms with Crippen molar-refractivity contribution >= 4 is 5.69 Å². The van der Waals surface area contributed by atoms with Crippen LogP contribution in [0.1, 0.15) is 33.3 Å². The number of nitrogens with one attached hydrogen (secondary N) is 1. The van der Waals surface area contributed by atoms with E-state index < -0.39 is 0 Å². The number of ether oxygens (including phenoxy) is 1. The smallest absolute Gasteiger partial charge is 0.146 e. The van der Waals surface area contributed by atoms with Crippen LogP contribution < -0.4 is 10.2 Å². The minimum Gasteiger partial charge on any atom is -0.372 e. The summed E-state index contributed by atoms with van der Waals surface area (Å²) in [6.07, 6.45) is 0.259. The van der Waals surface area contributed by atoms with Gasteiger partial charge in [-0.2, -0.15) is 0 Å². The molecule has 1 heterocycles. The van der Waals surface area contributed by atoms with Crippen LogP contribution in [0.15, 0.2) is 18.2 Å². The van der Waals surface area contributed by atoms with E-state index in [1.165, 1.54) is 0 Å². The van der Waals surface area contributed by atoms with Crippen molar-refractivity contribution in [2.24, 2.45) is 5.92 Å². The molecule has 3 nitrogen and oxygen atoms in total. The second-order valence-electron chi connectivity index (χ2n) is 6.43. The summed E-state index contributed by atoms with van der Waals surface area (Å²) in [4.78, 5) is 2.13. The number of anilines is 1. The van der Waals surface area contributed by atoms with Crippen LogP contribution >= 0.6 is 0 Å². The van der Waals surface area contributed by atoms with Crippen molar-refractivity contribution in [2.75, 3.05) is 24.5 Å². The second kappa shape index (κ2) is 7.23. The largest absolute Gasteiger partial charge is 0.372 e. The molecule has 0 amide bonds. The SMILES string of the molecule is CC(C)CNCc1cccc(F)c1N1CC(C)OC(C)C1. The molecular weight excluding hydrogens is 267 g/mol. The van der Waals surface area contributed by atoms with E-state index >= 15 is 0 Å². The number of hydrogen-bond donors (Lipinski definition) is 1. The fourth-order valence-electron chi connectivity index (χ4n) is 2.91. The molecule has 0 bridgehead atoms. The predicted octanol–water partition coefficient (Wildman–Crippen LogP) is 3.18. The van der Waals surface area contributed by atoms with Gasteiger partial charge in [0.25, 0.3) is 0 Å². The van der Waals surface area contributed by atoms with Gasteiger partial charge in [-0.25, -0.2) is 4.39 Å². The van der Waals surface area contributed by atoms with Crippen LogP contribution in [-0.2, 0) is 11.3 Å². The third kappa shape index (κ3) is 4.42. The molecule has 1 aromatic rings. The van der Waals surface area contributed by atoms with Crippen molar-refractivity contribution in [3.05, 3.63) is 29.6 Å². The van der Waals surface area contributed by atoms with E-state index in [-0.39, 0.29) is 18.0 Å². The molecule has 1 aliphatic rings. The maximum absolute atomic E-state index is 14.4. The van der Waals surface area contributed by atoms with Crippen LogP contribution in [-0.4, -0.2) is 31.8 Å². The lowest BCUT2D eigenvalue weighted by atomic mass is 10.1. The third-order valence-electron chi connectivity index (χ3n) is 3.67. The number of halogens is 1. The molecule has 1 N–H and O–H groups in total. The molecular formula is C17H27FN2O. The number of hydrogen-bond acceptors (Lipinski definition) is 3. The van der Waals surface area contributed by atoms with Gasteiger partial charge >= 0.3 is 0 Å². The monoisotopic (exact) mass is 294 g/mol. The highest BCUT2D eigenvalue weighted by atomic mass is 19.1. The van der Waals surface area contributed by atoms with Gasteiger partial charge in [-0.3, -0.25) is 0 Å². The number of benzene rings is 1. The van der Waals surface area contributed by atoms with Crippen molar-refractivity contribution in [1.82, 2.24) is 5.32 Å². The van der Waals surface area contributed by atoms with E-state index in [9.17, 15) is 4.39 Å². The summed E-state index contributed by atoms with van der Waals surface area (Å²) in [6, 6.07) is 5.35. The molecule has 21 heavy (non-hydrogen) atoms. The minimum absolute atomic E-state index is 0.129. The zero-order valence-electron chi connectivity index (χ0n) is 13.5. The zero-order valence-corrected chi connectivity index (χ0v) is 13.5. The van der Waals surface area contributed by atoms with Crippen LogP contribution in [0.5, 0.6) is 0 Å². The molecule has 2 unspecified atom stereocenters. The van der Waals surface area contributed by atoms with Gasteiger partial charge in [-0.1, -0.05) is 26.0 Å². The summed E-state index contributed by atoms with van der Waals surface area (Å²) < 4.78 is 20.1. The topological polar surface area (TPSA) is 24.5 Å². The number of rotatable bonds is 5. The summed E-state index contributed by atoms with van der Waals surface area (Å²) in [7, 11) is 0. The maximum atomic E-state index is 14.4. The highest BCUT2D eigenvalue weighted by molar-refractivity contribution is 5.55. The van der Waals surface area contributed by atoms with Crippen molar-refractivity contribution in [2.45, 2.75) is 46.4 Å². The summed E-state index contributed by atoms with van der Waals surface area (Å²) >= 11 is 0. The normalized spacial score (nSPS) is 22.9. The highest BCUT2D eigenvalue weighted by Gasteiger charge is 2.25. The molecule has 118 valence electrons. The van der Waals surface area contributed by atoms with Gasteiger partial charge < -0.3 is 15.0 Å². The summed E-state index contributed by atoms with van der Waals surface area (Å²) in [5.74, 6) is 0.450. The van der Waals surface area contributed by atoms with E-state index in [1.54, 1.807) is 12.1 Å². The Bertz CT molecular complexity index is 454. The average Bonchev–Trinajstić information content (AvgIpc) is 2.37. The van der Waals surface area contributed by atoms with Crippen LogP contribution in [0.3, 0.4) is 0 Å². The molecule has 0 spiro atoms. The molecule has 0 radical (unpaired) electrons. The first-order valence-electron chi connectivity index (χ1n) is 7.86. The van der Waals surface area contributed by atoms with Crippen LogP contribution in [0.25, 0.3) is 0 Å². The first-order valence-corrected chi connectivity index (χ1v) is 7.86. The van der Waals surface area contributed by atoms with Crippen molar-refractivity contribution in [3.63, 3.8) is 0 Å². The summed E-state index contributed by atoms with van der Waals surface area (Å²) in [5.41, 5.74) is 1.76. The van der Waals surface area contributed by atoms with Gasteiger partial charge in [0.15, 0.2) is 0 Å². The Morgan fingerprint density at radius 2 is 1.95 bits per heavy atom. The second-order valence-corrected chi connectivity index (χ2v) is 6.43. The number of para-hydroxylation sites is 1. The van der Waals surface area contributed by atoms with Crippen molar-refractivity contribution in [3.8, 4) is 0 Å². The zero-order chi connectivity index (χ0) is 15.4. The fraction of sp³-hybridized carbons (Fsp3) is 0.647. The van der Waals surface area contributed by atoms with Gasteiger partial charge in [0.2, 0.25) is 0 Å². The Morgan fingerprint density at radius 1 is 1.29 bits per heavy atom. The fourth-order valence-corrected chi connectivity index (χ4v) is 2.91. The quantitative estimate of drug-likeness (QED) is 0.902. The molecule has 1 fully saturated rings. The Hall–Kier alpha value is -1.13. The van der Waals surface area contributed by atoms with Crippen LogP contribution in [0.4, 0.5) is 10.1 Å². The Kier molecular flexibility index (Phi) is 5.59. The van der Waals surface area contributed by atoms with Gasteiger partial charge in [-0.05, 0) is 37.9 Å². The van der Waals surface area contributed by atoms with E-state index in [0.29, 0.717) is 12.5 Å². The third-order valence-corrected chi connectivity index (χ3v) is 3.67. The number of morpholine rings is 1. The summed E-state index contributed by atoms with van der Waals surface area (Å²) in [6.45, 7) is 11.5. The molecule has 0 aromatic heterocycles. The first-order chi connectivity index (χ1) is 9.97. The highest BCUT2D eigenvalue weighted by Crippen LogP contribution is 2.27. The first kappa shape index (κ1) is 16.2. The number of nitrogens with zero attached hydrogens (tertiary/aromatic N) is 1. The van der Waals surface area contributed by atoms with Gasteiger partial charge in [0.1, 0.15) is 5.82 Å². The molecule has 0 aliphatic carbocycles. The molecule has 2 rings (SSSR count). The average molecular weight is 294 g/mol. The molecule has 1 aliphatic heterocycles. The molecule has 1 saturated heterocycles. The van der Waals surface area contributed by atoms with E-state index in [0.717, 1.165) is 30.9 Å². The standard InChI is InChI=1S/C17H27FN2O/c1-12(2)8-19-9-15-6-5-7-16(18)17(15)20-10-13(3)21-14(4)11-20/h5-7,12-14,19H,8-11H2,1-4H3. The molecule has 0 saturated carbocycles. The Morgan fingerprint density at radius 3 is 2.57 bits per heavy atom. The lowest BCUT2D eigenvalue weighted by Gasteiger charge is -2.38. The molecule has 1 aromatic carbocycles. The van der Waals surface area contributed by atoms with E-state index in [4.69, 9.17) is 4.74 Å². The molecule has 2 atom stereocenters. The van der Waals surface area contributed by atoms with E-state index in [1.807, 2.05) is 19.9 Å². The summed E-state index contributed by atoms with van der Waals surface area (Å²) in [5, 5.41) is 3.41. The van der Waals surface area contributed by atoms with Crippen LogP contribution in [0, 0.1) is 11.7 Å². The molecule has 4 heteroatoms. The van der Waals surface area contributed by atoms with Crippen molar-refractivity contribution in [1.29, 1.82) is 0 Å². The Balaban J connectivity index is 2.16. The van der Waals surface area contributed by atoms with Crippen LogP contribution in [0.2, 0.25) is 0 Å².